The predicted molar refractivity (Wildman–Crippen MR) is 177 cm³/mol. The van der Waals surface area contributed by atoms with E-state index in [1.807, 2.05) is 30.9 Å². The van der Waals surface area contributed by atoms with Crippen molar-refractivity contribution in [3.8, 4) is 0 Å². The summed E-state index contributed by atoms with van der Waals surface area (Å²) in [5.41, 5.74) is 4.65. The normalized spacial score (nSPS) is 24.2. The number of benzene rings is 1. The molecule has 10 heteroatoms. The Labute approximate surface area is 276 Å². The maximum Gasteiger partial charge on any atom is 0.410 e. The van der Waals surface area contributed by atoms with Crippen LogP contribution in [0.4, 0.5) is 4.79 Å². The first kappa shape index (κ1) is 31.2. The zero-order valence-electron chi connectivity index (χ0n) is 26.6. The maximum atomic E-state index is 14.8. The first-order chi connectivity index (χ1) is 22.5. The van der Waals surface area contributed by atoms with Gasteiger partial charge in [0.25, 0.3) is 0 Å². The van der Waals surface area contributed by atoms with Crippen molar-refractivity contribution >= 4 is 23.6 Å². The Hall–Kier alpha value is -3.43. The molecule has 2 amide bonds. The van der Waals surface area contributed by atoms with Crippen LogP contribution >= 0.6 is 11.6 Å². The number of ether oxygens (including phenoxy) is 1. The van der Waals surface area contributed by atoms with Gasteiger partial charge in [-0.05, 0) is 99.1 Å². The molecule has 244 valence electrons. The molecule has 1 aromatic carbocycles. The molecule has 2 aliphatic carbocycles. The molecule has 4 aliphatic rings. The van der Waals surface area contributed by atoms with Crippen LogP contribution in [-0.4, -0.2) is 85.6 Å². The van der Waals surface area contributed by atoms with Gasteiger partial charge < -0.3 is 14.2 Å². The van der Waals surface area contributed by atoms with Crippen molar-refractivity contribution in [2.24, 2.45) is 0 Å². The second-order valence-corrected chi connectivity index (χ2v) is 13.8. The highest BCUT2D eigenvalue weighted by Crippen LogP contribution is 2.38. The fourth-order valence-corrected chi connectivity index (χ4v) is 8.31. The topological polar surface area (TPSA) is 83.8 Å². The minimum atomic E-state index is -0.634. The molecular formula is C36H45ClN6O3. The largest absolute Gasteiger partial charge is 0.446 e. The Bertz CT molecular complexity index is 1510. The number of likely N-dealkylation sites (tertiary alicyclic amines) is 1. The smallest absolute Gasteiger partial charge is 0.410 e. The van der Waals surface area contributed by atoms with E-state index in [1.54, 1.807) is 11.1 Å². The number of imidazole rings is 1. The predicted octanol–water partition coefficient (Wildman–Crippen LogP) is 6.05. The van der Waals surface area contributed by atoms with Crippen LogP contribution in [0.5, 0.6) is 0 Å². The van der Waals surface area contributed by atoms with E-state index in [0.717, 1.165) is 81.5 Å². The van der Waals surface area contributed by atoms with Gasteiger partial charge in [-0.25, -0.2) is 9.78 Å². The van der Waals surface area contributed by atoms with Crippen molar-refractivity contribution in [3.05, 3.63) is 82.7 Å². The van der Waals surface area contributed by atoms with E-state index in [1.165, 1.54) is 23.1 Å². The van der Waals surface area contributed by atoms with Gasteiger partial charge in [-0.15, -0.1) is 0 Å². The third-order valence-electron chi connectivity index (χ3n) is 10.6. The van der Waals surface area contributed by atoms with E-state index in [9.17, 15) is 9.59 Å². The molecule has 2 aromatic heterocycles. The number of aryl methyl sites for hydroxylation is 3. The van der Waals surface area contributed by atoms with Crippen LogP contribution in [0.25, 0.3) is 0 Å². The maximum absolute atomic E-state index is 14.8. The van der Waals surface area contributed by atoms with Gasteiger partial charge in [-0.3, -0.25) is 19.6 Å². The molecular weight excluding hydrogens is 600 g/mol. The van der Waals surface area contributed by atoms with Crippen LogP contribution < -0.4 is 0 Å². The quantitative estimate of drug-likeness (QED) is 0.325. The Morgan fingerprint density at radius 1 is 0.913 bits per heavy atom. The molecule has 0 N–H and O–H groups in total. The summed E-state index contributed by atoms with van der Waals surface area (Å²) in [4.78, 5) is 43.9. The molecule has 9 nitrogen and oxygen atoms in total. The van der Waals surface area contributed by atoms with Crippen LogP contribution in [0.1, 0.15) is 86.2 Å². The van der Waals surface area contributed by atoms with Crippen LogP contribution in [0.15, 0.2) is 55.2 Å². The monoisotopic (exact) mass is 644 g/mol. The van der Waals surface area contributed by atoms with Gasteiger partial charge in [0.1, 0.15) is 12.1 Å². The highest BCUT2D eigenvalue weighted by atomic mass is 35.5. The van der Waals surface area contributed by atoms with E-state index >= 15 is 0 Å². The Balaban J connectivity index is 1.19. The van der Waals surface area contributed by atoms with E-state index in [2.05, 4.69) is 37.5 Å². The van der Waals surface area contributed by atoms with Crippen molar-refractivity contribution in [1.82, 2.24) is 29.2 Å². The molecule has 2 aliphatic heterocycles. The summed E-state index contributed by atoms with van der Waals surface area (Å²) in [7, 11) is 0. The second-order valence-electron chi connectivity index (χ2n) is 13.4. The molecule has 0 bridgehead atoms. The second kappa shape index (κ2) is 14.1. The summed E-state index contributed by atoms with van der Waals surface area (Å²) in [5, 5.41) is 0.728. The number of carbonyl (C=O) groups excluding carboxylic acids is 2. The SMILES string of the molecule is O=C(C1CN(C2c3ccc(Cl)cc3CCc3cccnc32)CCN1C(=O)OC1CCCCC1)N1CCCCC1CCn1ccnc1. The lowest BCUT2D eigenvalue weighted by Crippen LogP contribution is -2.63. The van der Waals surface area contributed by atoms with Gasteiger partial charge in [0.2, 0.25) is 5.91 Å². The fraction of sp³-hybridized carbons (Fsp3) is 0.556. The van der Waals surface area contributed by atoms with Crippen LogP contribution in [-0.2, 0) is 28.9 Å². The molecule has 4 heterocycles. The number of fused-ring (bicyclic) bond motifs is 2. The number of rotatable bonds is 6. The third kappa shape index (κ3) is 6.67. The number of nitrogens with zero attached hydrogens (tertiary/aromatic N) is 6. The number of amides is 2. The number of piperidine rings is 1. The summed E-state index contributed by atoms with van der Waals surface area (Å²) < 4.78 is 8.19. The van der Waals surface area contributed by atoms with Crippen molar-refractivity contribution in [2.75, 3.05) is 26.2 Å². The third-order valence-corrected chi connectivity index (χ3v) is 10.8. The van der Waals surface area contributed by atoms with Crippen LogP contribution in [0, 0.1) is 0 Å². The van der Waals surface area contributed by atoms with Crippen molar-refractivity contribution < 1.29 is 14.3 Å². The van der Waals surface area contributed by atoms with Crippen molar-refractivity contribution in [3.63, 3.8) is 0 Å². The van der Waals surface area contributed by atoms with Gasteiger partial charge in [-0.1, -0.05) is 30.2 Å². The van der Waals surface area contributed by atoms with Crippen LogP contribution in [0.2, 0.25) is 5.02 Å². The molecule has 3 atom stereocenters. The Kier molecular flexibility index (Phi) is 9.58. The average molecular weight is 645 g/mol. The van der Waals surface area contributed by atoms with E-state index in [4.69, 9.17) is 21.3 Å². The molecule has 3 fully saturated rings. The Morgan fingerprint density at radius 2 is 1.76 bits per heavy atom. The van der Waals surface area contributed by atoms with E-state index in [0.29, 0.717) is 26.2 Å². The van der Waals surface area contributed by atoms with Gasteiger partial charge in [-0.2, -0.15) is 0 Å². The number of carbonyl (C=O) groups is 2. The van der Waals surface area contributed by atoms with Crippen molar-refractivity contribution in [1.29, 1.82) is 0 Å². The van der Waals surface area contributed by atoms with E-state index in [-0.39, 0.29) is 30.2 Å². The molecule has 1 saturated carbocycles. The summed E-state index contributed by atoms with van der Waals surface area (Å²) in [6.07, 6.45) is 17.9. The highest BCUT2D eigenvalue weighted by Gasteiger charge is 2.44. The van der Waals surface area contributed by atoms with Gasteiger partial charge in [0.15, 0.2) is 0 Å². The minimum absolute atomic E-state index is 0.0341. The summed E-state index contributed by atoms with van der Waals surface area (Å²) in [6.45, 7) is 2.99. The summed E-state index contributed by atoms with van der Waals surface area (Å²) >= 11 is 6.49. The van der Waals surface area contributed by atoms with Crippen LogP contribution in [0.3, 0.4) is 0 Å². The number of halogens is 1. The van der Waals surface area contributed by atoms with Gasteiger partial charge in [0.05, 0.1) is 18.1 Å². The Morgan fingerprint density at radius 3 is 2.61 bits per heavy atom. The fourth-order valence-electron chi connectivity index (χ4n) is 8.11. The van der Waals surface area contributed by atoms with Gasteiger partial charge >= 0.3 is 6.09 Å². The molecule has 3 unspecified atom stereocenters. The number of hydrogen-bond acceptors (Lipinski definition) is 6. The number of hydrogen-bond donors (Lipinski definition) is 0. The summed E-state index contributed by atoms with van der Waals surface area (Å²) in [6, 6.07) is 9.70. The zero-order chi connectivity index (χ0) is 31.5. The average Bonchev–Trinajstić information content (AvgIpc) is 3.56. The molecule has 2 saturated heterocycles. The summed E-state index contributed by atoms with van der Waals surface area (Å²) in [5.74, 6) is 0.0341. The highest BCUT2D eigenvalue weighted by molar-refractivity contribution is 6.30. The number of aromatic nitrogens is 3. The first-order valence-corrected chi connectivity index (χ1v) is 17.6. The lowest BCUT2D eigenvalue weighted by Gasteiger charge is -2.46. The first-order valence-electron chi connectivity index (χ1n) is 17.2. The lowest BCUT2D eigenvalue weighted by atomic mass is 9.94. The van der Waals surface area contributed by atoms with Crippen molar-refractivity contribution in [2.45, 2.75) is 101 Å². The minimum Gasteiger partial charge on any atom is -0.446 e. The zero-order valence-corrected chi connectivity index (χ0v) is 27.4. The molecule has 46 heavy (non-hydrogen) atoms. The lowest BCUT2D eigenvalue weighted by molar-refractivity contribution is -0.143. The molecule has 3 aromatic rings. The van der Waals surface area contributed by atoms with Gasteiger partial charge in [0, 0.05) is 62.4 Å². The number of piperazine rings is 1. The van der Waals surface area contributed by atoms with E-state index < -0.39 is 6.04 Å². The molecule has 0 spiro atoms. The number of pyridine rings is 1. The molecule has 0 radical (unpaired) electrons. The molecule has 7 rings (SSSR count). The standard InChI is InChI=1S/C36H45ClN6O3/c37-28-13-14-31-27(23-28)12-11-26-7-6-16-39-33(26)34(31)41-21-22-43(36(45)46-30-9-2-1-3-10-30)32(24-41)35(44)42-18-5-4-8-29(42)15-19-40-20-17-38-25-40/h6-7,13-14,16-17,20,23,25,29-30,32,34H,1-5,8-12,15,18-19,21-22,24H2.